The van der Waals surface area contributed by atoms with E-state index in [4.69, 9.17) is 20.9 Å². The van der Waals surface area contributed by atoms with Gasteiger partial charge in [-0.1, -0.05) is 41.0 Å². The topological polar surface area (TPSA) is 80.5 Å². The standard InChI is InChI=1S/C24H25ClN4O3S/c1-15-20(23-27-22(28-32-23)17-6-4-7-18(25)14-17)21(16-8-10-19(33-3)11-9-16)26-24(30)29(15)12-5-13-31-2/h4,6-11,14,21H,5,12-13H2,1-3H3,(H,26,30). The Morgan fingerprint density at radius 3 is 2.73 bits per heavy atom. The van der Waals surface area contributed by atoms with Crippen molar-refractivity contribution < 1.29 is 14.1 Å². The summed E-state index contributed by atoms with van der Waals surface area (Å²) < 4.78 is 10.9. The second kappa shape index (κ2) is 10.4. The van der Waals surface area contributed by atoms with Crippen molar-refractivity contribution >= 4 is 35.0 Å². The first-order valence-corrected chi connectivity index (χ1v) is 12.1. The summed E-state index contributed by atoms with van der Waals surface area (Å²) in [5, 5.41) is 7.89. The van der Waals surface area contributed by atoms with E-state index in [1.54, 1.807) is 35.9 Å². The van der Waals surface area contributed by atoms with Gasteiger partial charge in [-0.15, -0.1) is 11.8 Å². The summed E-state index contributed by atoms with van der Waals surface area (Å²) in [7, 11) is 1.65. The molecular weight excluding hydrogens is 460 g/mol. The third kappa shape index (κ3) is 5.08. The average molecular weight is 485 g/mol. The molecule has 1 unspecified atom stereocenters. The Kier molecular flexibility index (Phi) is 7.37. The highest BCUT2D eigenvalue weighted by atomic mass is 35.5. The van der Waals surface area contributed by atoms with Gasteiger partial charge in [0.1, 0.15) is 0 Å². The molecule has 0 saturated carbocycles. The maximum Gasteiger partial charge on any atom is 0.322 e. The van der Waals surface area contributed by atoms with Gasteiger partial charge >= 0.3 is 6.03 Å². The number of carbonyl (C=O) groups is 1. The number of urea groups is 1. The number of benzene rings is 2. The first kappa shape index (κ1) is 23.4. The van der Waals surface area contributed by atoms with Crippen molar-refractivity contribution in [2.75, 3.05) is 26.5 Å². The van der Waals surface area contributed by atoms with Crippen LogP contribution in [0.25, 0.3) is 17.0 Å². The fourth-order valence-electron chi connectivity index (χ4n) is 3.82. The van der Waals surface area contributed by atoms with E-state index < -0.39 is 6.04 Å². The molecule has 0 bridgehead atoms. The maximum absolute atomic E-state index is 13.0. The molecule has 3 aromatic rings. The van der Waals surface area contributed by atoms with E-state index >= 15 is 0 Å². The number of carbonyl (C=O) groups excluding carboxylic acids is 1. The fourth-order valence-corrected chi connectivity index (χ4v) is 4.42. The van der Waals surface area contributed by atoms with Gasteiger partial charge in [0.25, 0.3) is 5.89 Å². The Morgan fingerprint density at radius 1 is 1.24 bits per heavy atom. The number of rotatable bonds is 8. The second-order valence-corrected chi connectivity index (χ2v) is 8.90. The summed E-state index contributed by atoms with van der Waals surface area (Å²) in [6.45, 7) is 2.99. The molecule has 9 heteroatoms. The number of halogens is 1. The van der Waals surface area contributed by atoms with Crippen LogP contribution in [0.1, 0.15) is 30.8 Å². The van der Waals surface area contributed by atoms with Crippen LogP contribution >= 0.6 is 23.4 Å². The molecule has 1 atom stereocenters. The summed E-state index contributed by atoms with van der Waals surface area (Å²) in [5.74, 6) is 0.797. The van der Waals surface area contributed by atoms with Crippen molar-refractivity contribution in [3.63, 3.8) is 0 Å². The minimum absolute atomic E-state index is 0.166. The lowest BCUT2D eigenvalue weighted by Crippen LogP contribution is -2.46. The van der Waals surface area contributed by atoms with Crippen molar-refractivity contribution in [3.8, 4) is 11.4 Å². The number of nitrogens with zero attached hydrogens (tertiary/aromatic N) is 3. The monoisotopic (exact) mass is 484 g/mol. The number of methoxy groups -OCH3 is 1. The normalized spacial score (nSPS) is 16.3. The number of allylic oxidation sites excluding steroid dienone is 1. The van der Waals surface area contributed by atoms with Crippen LogP contribution in [-0.2, 0) is 4.74 Å². The highest BCUT2D eigenvalue weighted by Crippen LogP contribution is 2.38. The van der Waals surface area contributed by atoms with Gasteiger partial charge in [-0.05, 0) is 49.4 Å². The van der Waals surface area contributed by atoms with Crippen LogP contribution in [0, 0.1) is 0 Å². The first-order chi connectivity index (χ1) is 16.0. The molecule has 0 fully saturated rings. The third-order valence-electron chi connectivity index (χ3n) is 5.51. The number of thioether (sulfide) groups is 1. The van der Waals surface area contributed by atoms with Crippen molar-refractivity contribution in [3.05, 3.63) is 70.7 Å². The zero-order chi connectivity index (χ0) is 23.4. The summed E-state index contributed by atoms with van der Waals surface area (Å²) in [5.41, 5.74) is 3.24. The zero-order valence-electron chi connectivity index (χ0n) is 18.7. The van der Waals surface area contributed by atoms with E-state index in [1.807, 2.05) is 49.6 Å². The predicted molar refractivity (Wildman–Crippen MR) is 130 cm³/mol. The van der Waals surface area contributed by atoms with Gasteiger partial charge < -0.3 is 14.6 Å². The molecule has 1 aliphatic heterocycles. The summed E-state index contributed by atoms with van der Waals surface area (Å²) in [6.07, 6.45) is 2.74. The van der Waals surface area contributed by atoms with Gasteiger partial charge in [-0.25, -0.2) is 4.79 Å². The molecule has 7 nitrogen and oxygen atoms in total. The van der Waals surface area contributed by atoms with E-state index in [9.17, 15) is 4.79 Å². The van der Waals surface area contributed by atoms with Gasteiger partial charge in [0, 0.05) is 41.4 Å². The molecule has 4 rings (SSSR count). The van der Waals surface area contributed by atoms with Gasteiger partial charge in [0.2, 0.25) is 5.82 Å². The van der Waals surface area contributed by atoms with Crippen molar-refractivity contribution in [2.45, 2.75) is 24.3 Å². The van der Waals surface area contributed by atoms with Crippen LogP contribution in [0.5, 0.6) is 0 Å². The number of hydrogen-bond acceptors (Lipinski definition) is 6. The van der Waals surface area contributed by atoms with Crippen LogP contribution < -0.4 is 5.32 Å². The number of ether oxygens (including phenoxy) is 1. The average Bonchev–Trinajstić information content (AvgIpc) is 3.31. The van der Waals surface area contributed by atoms with Crippen LogP contribution in [0.4, 0.5) is 4.79 Å². The molecule has 2 heterocycles. The number of nitrogens with one attached hydrogen (secondary N) is 1. The third-order valence-corrected chi connectivity index (χ3v) is 6.49. The molecule has 2 amide bonds. The second-order valence-electron chi connectivity index (χ2n) is 7.59. The lowest BCUT2D eigenvalue weighted by Gasteiger charge is -2.35. The fraction of sp³-hybridized carbons (Fsp3) is 0.292. The van der Waals surface area contributed by atoms with E-state index in [-0.39, 0.29) is 6.03 Å². The number of hydrogen-bond donors (Lipinski definition) is 1. The molecular formula is C24H25ClN4O3S. The molecule has 172 valence electrons. The SMILES string of the molecule is COCCCN1C(=O)NC(c2ccc(SC)cc2)C(c2nc(-c3cccc(Cl)c3)no2)=C1C. The Balaban J connectivity index is 1.76. The summed E-state index contributed by atoms with van der Waals surface area (Å²) in [6, 6.07) is 14.8. The summed E-state index contributed by atoms with van der Waals surface area (Å²) >= 11 is 7.80. The summed E-state index contributed by atoms with van der Waals surface area (Å²) in [4.78, 5) is 20.5. The van der Waals surface area contributed by atoms with Crippen LogP contribution in [-0.4, -0.2) is 47.6 Å². The van der Waals surface area contributed by atoms with Gasteiger partial charge in [-0.3, -0.25) is 4.90 Å². The van der Waals surface area contributed by atoms with E-state index in [2.05, 4.69) is 15.5 Å². The highest BCUT2D eigenvalue weighted by Gasteiger charge is 2.35. The molecule has 1 aromatic heterocycles. The zero-order valence-corrected chi connectivity index (χ0v) is 20.2. The minimum Gasteiger partial charge on any atom is -0.385 e. The van der Waals surface area contributed by atoms with Crippen LogP contribution in [0.2, 0.25) is 5.02 Å². The molecule has 33 heavy (non-hydrogen) atoms. The van der Waals surface area contributed by atoms with Crippen molar-refractivity contribution in [1.82, 2.24) is 20.4 Å². The first-order valence-electron chi connectivity index (χ1n) is 10.5. The molecule has 0 radical (unpaired) electrons. The molecule has 0 saturated heterocycles. The molecule has 0 aliphatic carbocycles. The van der Waals surface area contributed by atoms with E-state index in [1.165, 1.54) is 0 Å². The molecule has 1 N–H and O–H groups in total. The minimum atomic E-state index is -0.417. The van der Waals surface area contributed by atoms with Gasteiger partial charge in [0.05, 0.1) is 11.6 Å². The number of amides is 2. The number of aromatic nitrogens is 2. The van der Waals surface area contributed by atoms with Gasteiger partial charge in [0.15, 0.2) is 0 Å². The lowest BCUT2D eigenvalue weighted by molar-refractivity contribution is 0.174. The van der Waals surface area contributed by atoms with E-state index in [0.29, 0.717) is 36.3 Å². The quantitative estimate of drug-likeness (QED) is 0.329. The Labute approximate surface area is 202 Å². The Hall–Kier alpha value is -2.81. The smallest absolute Gasteiger partial charge is 0.322 e. The largest absolute Gasteiger partial charge is 0.385 e. The van der Waals surface area contributed by atoms with Crippen molar-refractivity contribution in [1.29, 1.82) is 0 Å². The molecule has 0 spiro atoms. The Morgan fingerprint density at radius 2 is 2.03 bits per heavy atom. The maximum atomic E-state index is 13.0. The van der Waals surface area contributed by atoms with Gasteiger partial charge in [-0.2, -0.15) is 4.98 Å². The van der Waals surface area contributed by atoms with Crippen LogP contribution in [0.15, 0.2) is 63.6 Å². The lowest BCUT2D eigenvalue weighted by atomic mass is 9.94. The van der Waals surface area contributed by atoms with Crippen LogP contribution in [0.3, 0.4) is 0 Å². The predicted octanol–water partition coefficient (Wildman–Crippen LogP) is 5.65. The van der Waals surface area contributed by atoms with E-state index in [0.717, 1.165) is 27.3 Å². The molecule has 2 aromatic carbocycles. The highest BCUT2D eigenvalue weighted by molar-refractivity contribution is 7.98. The molecule has 1 aliphatic rings. The van der Waals surface area contributed by atoms with Crippen molar-refractivity contribution in [2.24, 2.45) is 0 Å². The Bertz CT molecular complexity index is 1160.